The predicted molar refractivity (Wildman–Crippen MR) is 93.4 cm³/mol. The SMILES string of the molecule is CCCCCC(=O)NCC(O)C(O)C1OC(C(=O)O)=C[C@@H](O)[C@H]1NC(C)=O. The Labute approximate surface area is 157 Å². The van der Waals surface area contributed by atoms with Crippen molar-refractivity contribution in [3.05, 3.63) is 11.8 Å². The van der Waals surface area contributed by atoms with Crippen LogP contribution in [-0.4, -0.2) is 75.2 Å². The maximum atomic E-state index is 11.7. The molecule has 5 atom stereocenters. The summed E-state index contributed by atoms with van der Waals surface area (Å²) in [5, 5.41) is 44.5. The molecule has 0 aliphatic carbocycles. The number of aliphatic carboxylic acids is 1. The summed E-state index contributed by atoms with van der Waals surface area (Å²) in [6, 6.07) is -1.17. The fraction of sp³-hybridized carbons (Fsp3) is 0.706. The van der Waals surface area contributed by atoms with E-state index in [2.05, 4.69) is 10.6 Å². The van der Waals surface area contributed by atoms with Crippen molar-refractivity contribution in [1.29, 1.82) is 0 Å². The van der Waals surface area contributed by atoms with E-state index < -0.39 is 48.1 Å². The molecule has 0 radical (unpaired) electrons. The minimum Gasteiger partial charge on any atom is -0.478 e. The van der Waals surface area contributed by atoms with Gasteiger partial charge in [0, 0.05) is 19.9 Å². The van der Waals surface area contributed by atoms with Gasteiger partial charge in [0.25, 0.3) is 0 Å². The summed E-state index contributed by atoms with van der Waals surface area (Å²) < 4.78 is 5.17. The van der Waals surface area contributed by atoms with Crippen LogP contribution in [-0.2, 0) is 19.1 Å². The van der Waals surface area contributed by atoms with E-state index in [1.165, 1.54) is 6.92 Å². The van der Waals surface area contributed by atoms with Gasteiger partial charge in [-0.15, -0.1) is 0 Å². The van der Waals surface area contributed by atoms with Crippen LogP contribution in [0.2, 0.25) is 0 Å². The van der Waals surface area contributed by atoms with Crippen LogP contribution in [0.4, 0.5) is 0 Å². The second-order valence-electron chi connectivity index (χ2n) is 6.45. The van der Waals surface area contributed by atoms with Gasteiger partial charge >= 0.3 is 5.97 Å². The van der Waals surface area contributed by atoms with E-state index in [1.54, 1.807) is 0 Å². The topological polar surface area (TPSA) is 165 Å². The molecule has 0 fully saturated rings. The van der Waals surface area contributed by atoms with Crippen molar-refractivity contribution in [2.24, 2.45) is 0 Å². The van der Waals surface area contributed by atoms with Gasteiger partial charge in [0.15, 0.2) is 6.10 Å². The minimum atomic E-state index is -1.67. The first kappa shape index (κ1) is 22.9. The van der Waals surface area contributed by atoms with Crippen LogP contribution in [0.5, 0.6) is 0 Å². The van der Waals surface area contributed by atoms with Gasteiger partial charge in [0.05, 0.1) is 6.04 Å². The Morgan fingerprint density at radius 3 is 2.48 bits per heavy atom. The number of aliphatic hydroxyl groups is 3. The summed E-state index contributed by atoms with van der Waals surface area (Å²) in [6.45, 7) is 2.89. The number of carboxylic acids is 1. The Hall–Kier alpha value is -2.17. The number of carbonyl (C=O) groups excluding carboxylic acids is 2. The molecule has 0 saturated carbocycles. The summed E-state index contributed by atoms with van der Waals surface area (Å²) in [5.74, 6) is -2.90. The molecule has 0 aromatic rings. The Kier molecular flexibility index (Phi) is 9.19. The van der Waals surface area contributed by atoms with Crippen LogP contribution in [0.15, 0.2) is 11.8 Å². The highest BCUT2D eigenvalue weighted by molar-refractivity contribution is 5.84. The lowest BCUT2D eigenvalue weighted by Crippen LogP contribution is -2.60. The number of aliphatic hydroxyl groups excluding tert-OH is 3. The van der Waals surface area contributed by atoms with Crippen molar-refractivity contribution < 1.29 is 39.5 Å². The van der Waals surface area contributed by atoms with Crippen LogP contribution in [0.25, 0.3) is 0 Å². The van der Waals surface area contributed by atoms with E-state index in [9.17, 15) is 29.7 Å². The van der Waals surface area contributed by atoms with Crippen molar-refractivity contribution in [3.8, 4) is 0 Å². The van der Waals surface area contributed by atoms with Crippen molar-refractivity contribution in [2.45, 2.75) is 70.0 Å². The van der Waals surface area contributed by atoms with E-state index in [-0.39, 0.29) is 18.9 Å². The molecular formula is C17H28N2O8. The van der Waals surface area contributed by atoms with Crippen LogP contribution >= 0.6 is 0 Å². The molecule has 1 heterocycles. The molecule has 0 bridgehead atoms. The van der Waals surface area contributed by atoms with E-state index in [4.69, 9.17) is 9.84 Å². The van der Waals surface area contributed by atoms with Gasteiger partial charge < -0.3 is 35.8 Å². The Morgan fingerprint density at radius 1 is 1.26 bits per heavy atom. The first-order valence-corrected chi connectivity index (χ1v) is 8.87. The lowest BCUT2D eigenvalue weighted by atomic mass is 9.93. The fourth-order valence-electron chi connectivity index (χ4n) is 2.70. The third-order valence-electron chi connectivity index (χ3n) is 4.13. The average Bonchev–Trinajstić information content (AvgIpc) is 2.60. The average molecular weight is 388 g/mol. The predicted octanol–water partition coefficient (Wildman–Crippen LogP) is -1.36. The summed E-state index contributed by atoms with van der Waals surface area (Å²) in [5.41, 5.74) is 0. The summed E-state index contributed by atoms with van der Waals surface area (Å²) in [7, 11) is 0. The third kappa shape index (κ3) is 7.16. The van der Waals surface area contributed by atoms with Gasteiger partial charge in [0.1, 0.15) is 18.3 Å². The lowest BCUT2D eigenvalue weighted by Gasteiger charge is -2.38. The van der Waals surface area contributed by atoms with Crippen molar-refractivity contribution in [3.63, 3.8) is 0 Å². The van der Waals surface area contributed by atoms with Crippen molar-refractivity contribution in [1.82, 2.24) is 10.6 Å². The molecule has 0 spiro atoms. The normalized spacial score (nSPS) is 24.2. The molecule has 1 aliphatic heterocycles. The zero-order valence-corrected chi connectivity index (χ0v) is 15.4. The molecule has 0 saturated heterocycles. The van der Waals surface area contributed by atoms with Gasteiger partial charge in [-0.1, -0.05) is 19.8 Å². The largest absolute Gasteiger partial charge is 0.478 e. The van der Waals surface area contributed by atoms with Crippen molar-refractivity contribution in [2.75, 3.05) is 6.54 Å². The highest BCUT2D eigenvalue weighted by Crippen LogP contribution is 2.23. The molecule has 6 N–H and O–H groups in total. The Balaban J connectivity index is 2.75. The molecule has 0 aromatic heterocycles. The number of carboxylic acid groups (broad SMARTS) is 1. The monoisotopic (exact) mass is 388 g/mol. The zero-order valence-electron chi connectivity index (χ0n) is 15.4. The maximum absolute atomic E-state index is 11.7. The van der Waals surface area contributed by atoms with Crippen LogP contribution < -0.4 is 10.6 Å². The molecule has 1 aliphatic rings. The smallest absolute Gasteiger partial charge is 0.370 e. The molecule has 1 rings (SSSR count). The summed E-state index contributed by atoms with van der Waals surface area (Å²) in [6.07, 6.45) is -2.29. The van der Waals surface area contributed by atoms with E-state index in [0.717, 1.165) is 18.9 Å². The van der Waals surface area contributed by atoms with Gasteiger partial charge in [-0.05, 0) is 12.5 Å². The third-order valence-corrected chi connectivity index (χ3v) is 4.13. The van der Waals surface area contributed by atoms with Crippen LogP contribution in [0.1, 0.15) is 39.5 Å². The number of rotatable bonds is 10. The molecule has 3 unspecified atom stereocenters. The highest BCUT2D eigenvalue weighted by Gasteiger charge is 2.43. The molecule has 0 aromatic carbocycles. The minimum absolute atomic E-state index is 0.287. The number of ether oxygens (including phenoxy) is 1. The first-order chi connectivity index (χ1) is 12.7. The molecule has 10 heteroatoms. The Bertz CT molecular complexity index is 565. The second-order valence-corrected chi connectivity index (χ2v) is 6.45. The maximum Gasteiger partial charge on any atom is 0.370 e. The highest BCUT2D eigenvalue weighted by atomic mass is 16.5. The number of hydrogen-bond donors (Lipinski definition) is 6. The van der Waals surface area contributed by atoms with Gasteiger partial charge in [-0.2, -0.15) is 0 Å². The molecular weight excluding hydrogens is 360 g/mol. The van der Waals surface area contributed by atoms with Gasteiger partial charge in [-0.3, -0.25) is 9.59 Å². The lowest BCUT2D eigenvalue weighted by molar-refractivity contribution is -0.147. The van der Waals surface area contributed by atoms with Gasteiger partial charge in [0.2, 0.25) is 17.6 Å². The van der Waals surface area contributed by atoms with Gasteiger partial charge in [-0.25, -0.2) is 4.79 Å². The second kappa shape index (κ2) is 10.9. The van der Waals surface area contributed by atoms with Crippen LogP contribution in [0.3, 0.4) is 0 Å². The summed E-state index contributed by atoms with van der Waals surface area (Å²) in [4.78, 5) is 34.2. The Morgan fingerprint density at radius 2 is 1.93 bits per heavy atom. The van der Waals surface area contributed by atoms with E-state index in [0.29, 0.717) is 6.42 Å². The molecule has 27 heavy (non-hydrogen) atoms. The molecule has 10 nitrogen and oxygen atoms in total. The number of nitrogens with one attached hydrogen (secondary N) is 2. The van der Waals surface area contributed by atoms with Crippen molar-refractivity contribution >= 4 is 17.8 Å². The number of unbranched alkanes of at least 4 members (excludes halogenated alkanes) is 2. The quantitative estimate of drug-likeness (QED) is 0.250. The standard InChI is InChI=1S/C17H28N2O8/c1-3-4-5-6-13(23)18-8-11(22)15(24)16-14(19-9(2)20)10(21)7-12(27-16)17(25)26/h7,10-11,14-16,21-22,24H,3-6,8H2,1-2H3,(H,18,23)(H,19,20)(H,25,26)/t10-,11?,14-,15?,16?/m1/s1. The number of hydrogen-bond acceptors (Lipinski definition) is 7. The molecule has 154 valence electrons. The van der Waals surface area contributed by atoms with E-state index in [1.807, 2.05) is 6.92 Å². The number of carbonyl (C=O) groups is 3. The first-order valence-electron chi connectivity index (χ1n) is 8.87. The van der Waals surface area contributed by atoms with E-state index >= 15 is 0 Å². The van der Waals surface area contributed by atoms with Crippen LogP contribution in [0, 0.1) is 0 Å². The zero-order chi connectivity index (χ0) is 20.6. The molecule has 2 amide bonds. The summed E-state index contributed by atoms with van der Waals surface area (Å²) >= 11 is 0. The fourth-order valence-corrected chi connectivity index (χ4v) is 2.70. The number of amides is 2.